The van der Waals surface area contributed by atoms with E-state index < -0.39 is 0 Å². The van der Waals surface area contributed by atoms with Gasteiger partial charge < -0.3 is 0 Å². The van der Waals surface area contributed by atoms with Crippen LogP contribution in [0.25, 0.3) is 0 Å². The molecule has 1 aliphatic rings. The fraction of sp³-hybridized carbons (Fsp3) is 0.500. The first-order chi connectivity index (χ1) is 7.20. The Bertz CT molecular complexity index is 365. The van der Waals surface area contributed by atoms with E-state index >= 15 is 0 Å². The largest absolute Gasteiger partial charge is 0.295 e. The predicted octanol–water partition coefficient (Wildman–Crippen LogP) is 1.38. The number of carbonyl (C=O) groups excluding carboxylic acids is 1. The maximum atomic E-state index is 11.6. The quantitative estimate of drug-likeness (QED) is 0.715. The molecule has 2 heterocycles. The number of alkyl halides is 1. The second-order valence-electron chi connectivity index (χ2n) is 3.76. The first-order valence-corrected chi connectivity index (χ1v) is 5.41. The summed E-state index contributed by atoms with van der Waals surface area (Å²) in [5.74, 6) is 1.46. The molecule has 1 aromatic rings. The van der Waals surface area contributed by atoms with Crippen molar-refractivity contribution in [3.63, 3.8) is 0 Å². The Labute approximate surface area is 93.2 Å². The lowest BCUT2D eigenvalue weighted by Crippen LogP contribution is -2.25. The Kier molecular flexibility index (Phi) is 2.86. The van der Waals surface area contributed by atoms with Crippen LogP contribution in [0, 0.1) is 12.8 Å². The van der Waals surface area contributed by atoms with Gasteiger partial charge in [-0.1, -0.05) is 0 Å². The zero-order chi connectivity index (χ0) is 10.8. The molecule has 0 aliphatic carbocycles. The first-order valence-electron chi connectivity index (χ1n) is 4.87. The number of hydrogen-bond donors (Lipinski definition) is 0. The lowest BCUT2D eigenvalue weighted by Gasteiger charge is -2.14. The van der Waals surface area contributed by atoms with Crippen molar-refractivity contribution in [1.82, 2.24) is 10.2 Å². The van der Waals surface area contributed by atoms with Crippen LogP contribution >= 0.6 is 11.6 Å². The van der Waals surface area contributed by atoms with E-state index in [-0.39, 0.29) is 11.8 Å². The van der Waals surface area contributed by atoms with Crippen LogP contribution in [-0.4, -0.2) is 28.5 Å². The molecule has 0 aromatic carbocycles. The second kappa shape index (κ2) is 4.14. The fourth-order valence-electron chi connectivity index (χ4n) is 1.64. The van der Waals surface area contributed by atoms with Gasteiger partial charge in [0, 0.05) is 18.8 Å². The van der Waals surface area contributed by atoms with E-state index in [1.807, 2.05) is 19.1 Å². The number of carbonyl (C=O) groups is 1. The van der Waals surface area contributed by atoms with Crippen LogP contribution in [0.2, 0.25) is 0 Å². The molecule has 0 saturated carbocycles. The van der Waals surface area contributed by atoms with Crippen molar-refractivity contribution in [1.29, 1.82) is 0 Å². The van der Waals surface area contributed by atoms with Crippen LogP contribution in [0.5, 0.6) is 0 Å². The summed E-state index contributed by atoms with van der Waals surface area (Å²) in [4.78, 5) is 13.3. The van der Waals surface area contributed by atoms with Gasteiger partial charge in [0.25, 0.3) is 0 Å². The summed E-state index contributed by atoms with van der Waals surface area (Å²) in [6.07, 6.45) is 0.513. The molecule has 0 spiro atoms. The predicted molar refractivity (Wildman–Crippen MR) is 57.9 cm³/mol. The molecule has 5 heteroatoms. The standard InChI is InChI=1S/C10H12ClN3O/c1-7-2-3-9(13-12-7)14-6-8(5-11)4-10(14)15/h2-3,8H,4-6H2,1H3. The summed E-state index contributed by atoms with van der Waals surface area (Å²) in [5.41, 5.74) is 0.847. The topological polar surface area (TPSA) is 46.1 Å². The summed E-state index contributed by atoms with van der Waals surface area (Å²) >= 11 is 5.74. The van der Waals surface area contributed by atoms with E-state index in [1.165, 1.54) is 0 Å². The SMILES string of the molecule is Cc1ccc(N2CC(CCl)CC2=O)nn1. The minimum Gasteiger partial charge on any atom is -0.295 e. The molecule has 1 unspecified atom stereocenters. The average Bonchev–Trinajstić information content (AvgIpc) is 2.61. The lowest BCUT2D eigenvalue weighted by atomic mass is 10.1. The highest BCUT2D eigenvalue weighted by Crippen LogP contribution is 2.23. The zero-order valence-corrected chi connectivity index (χ0v) is 9.24. The number of anilines is 1. The maximum Gasteiger partial charge on any atom is 0.228 e. The molecule has 1 saturated heterocycles. The van der Waals surface area contributed by atoms with Crippen molar-refractivity contribution in [2.24, 2.45) is 5.92 Å². The van der Waals surface area contributed by atoms with Crippen LogP contribution in [0.15, 0.2) is 12.1 Å². The Balaban J connectivity index is 2.18. The number of aromatic nitrogens is 2. The number of nitrogens with zero attached hydrogens (tertiary/aromatic N) is 3. The fourth-order valence-corrected chi connectivity index (χ4v) is 1.85. The summed E-state index contributed by atoms with van der Waals surface area (Å²) in [6.45, 7) is 2.52. The smallest absolute Gasteiger partial charge is 0.228 e. The Morgan fingerprint density at radius 3 is 2.87 bits per heavy atom. The molecule has 0 bridgehead atoms. The van der Waals surface area contributed by atoms with Gasteiger partial charge >= 0.3 is 0 Å². The van der Waals surface area contributed by atoms with Crippen LogP contribution in [0.1, 0.15) is 12.1 Å². The third kappa shape index (κ3) is 2.09. The molecule has 0 radical (unpaired) electrons. The number of hydrogen-bond acceptors (Lipinski definition) is 3. The summed E-state index contributed by atoms with van der Waals surface area (Å²) < 4.78 is 0. The van der Waals surface area contributed by atoms with Crippen molar-refractivity contribution in [3.8, 4) is 0 Å². The van der Waals surface area contributed by atoms with Crippen molar-refractivity contribution < 1.29 is 4.79 Å². The van der Waals surface area contributed by atoms with Gasteiger partial charge in [0.1, 0.15) is 0 Å². The molecule has 80 valence electrons. The van der Waals surface area contributed by atoms with Crippen LogP contribution in [0.4, 0.5) is 5.82 Å². The average molecular weight is 226 g/mol. The molecule has 1 aromatic heterocycles. The molecule has 15 heavy (non-hydrogen) atoms. The van der Waals surface area contributed by atoms with Crippen LogP contribution in [-0.2, 0) is 4.79 Å². The van der Waals surface area contributed by atoms with Gasteiger partial charge in [-0.3, -0.25) is 9.69 Å². The van der Waals surface area contributed by atoms with Crippen molar-refractivity contribution >= 4 is 23.3 Å². The summed E-state index contributed by atoms with van der Waals surface area (Å²) in [7, 11) is 0. The summed E-state index contributed by atoms with van der Waals surface area (Å²) in [5, 5.41) is 7.92. The van der Waals surface area contributed by atoms with Gasteiger partial charge in [-0.2, -0.15) is 5.10 Å². The number of aryl methyl sites for hydroxylation is 1. The molecule has 2 rings (SSSR count). The lowest BCUT2D eigenvalue weighted by molar-refractivity contribution is -0.117. The van der Waals surface area contributed by atoms with Crippen LogP contribution in [0.3, 0.4) is 0 Å². The number of amides is 1. The third-order valence-corrected chi connectivity index (χ3v) is 2.92. The van der Waals surface area contributed by atoms with Gasteiger partial charge in [-0.15, -0.1) is 16.7 Å². The normalized spacial score (nSPS) is 21.1. The highest BCUT2D eigenvalue weighted by atomic mass is 35.5. The summed E-state index contributed by atoms with van der Waals surface area (Å²) in [6, 6.07) is 3.67. The van der Waals surface area contributed by atoms with E-state index in [1.54, 1.807) is 4.90 Å². The Morgan fingerprint density at radius 2 is 2.33 bits per heavy atom. The minimum atomic E-state index is 0.0822. The molecular formula is C10H12ClN3O. The van der Waals surface area contributed by atoms with E-state index in [0.717, 1.165) is 5.69 Å². The maximum absolute atomic E-state index is 11.6. The highest BCUT2D eigenvalue weighted by Gasteiger charge is 2.30. The van der Waals surface area contributed by atoms with Crippen molar-refractivity contribution in [3.05, 3.63) is 17.8 Å². The third-order valence-electron chi connectivity index (χ3n) is 2.48. The highest BCUT2D eigenvalue weighted by molar-refractivity contribution is 6.18. The van der Waals surface area contributed by atoms with E-state index in [9.17, 15) is 4.79 Å². The minimum absolute atomic E-state index is 0.0822. The second-order valence-corrected chi connectivity index (χ2v) is 4.07. The first kappa shape index (κ1) is 10.4. The molecule has 1 fully saturated rings. The monoisotopic (exact) mass is 225 g/mol. The van der Waals surface area contributed by atoms with E-state index in [4.69, 9.17) is 11.6 Å². The molecule has 0 N–H and O–H groups in total. The van der Waals surface area contributed by atoms with Gasteiger partial charge in [-0.05, 0) is 25.0 Å². The Morgan fingerprint density at radius 1 is 1.53 bits per heavy atom. The van der Waals surface area contributed by atoms with Crippen molar-refractivity contribution in [2.45, 2.75) is 13.3 Å². The zero-order valence-electron chi connectivity index (χ0n) is 8.48. The van der Waals surface area contributed by atoms with Gasteiger partial charge in [0.2, 0.25) is 5.91 Å². The number of rotatable bonds is 2. The molecular weight excluding hydrogens is 214 g/mol. The molecule has 4 nitrogen and oxygen atoms in total. The van der Waals surface area contributed by atoms with Gasteiger partial charge in [-0.25, -0.2) is 0 Å². The van der Waals surface area contributed by atoms with E-state index in [0.29, 0.717) is 24.7 Å². The molecule has 1 atom stereocenters. The Hall–Kier alpha value is -1.16. The van der Waals surface area contributed by atoms with E-state index in [2.05, 4.69) is 10.2 Å². The van der Waals surface area contributed by atoms with Crippen LogP contribution < -0.4 is 4.90 Å². The van der Waals surface area contributed by atoms with Gasteiger partial charge in [0.15, 0.2) is 5.82 Å². The molecule has 1 aliphatic heterocycles. The number of halogens is 1. The van der Waals surface area contributed by atoms with Gasteiger partial charge in [0.05, 0.1) is 5.69 Å². The van der Waals surface area contributed by atoms with Crippen molar-refractivity contribution in [2.75, 3.05) is 17.3 Å². The molecule has 1 amide bonds.